The minimum atomic E-state index is -3.77. The van der Waals surface area contributed by atoms with Crippen molar-refractivity contribution in [3.63, 3.8) is 0 Å². The lowest BCUT2D eigenvalue weighted by Gasteiger charge is -2.31. The summed E-state index contributed by atoms with van der Waals surface area (Å²) in [6.07, 6.45) is 0.828. The van der Waals surface area contributed by atoms with Gasteiger partial charge in [-0.3, -0.25) is 4.79 Å². The lowest BCUT2D eigenvalue weighted by Crippen LogP contribution is -2.41. The maximum atomic E-state index is 12.9. The molecule has 0 atom stereocenters. The number of amides is 1. The molecule has 1 aliphatic heterocycles. The Bertz CT molecular complexity index is 1020. The van der Waals surface area contributed by atoms with Gasteiger partial charge in [-0.15, -0.1) is 0 Å². The Hall–Kier alpha value is -1.80. The summed E-state index contributed by atoms with van der Waals surface area (Å²) < 4.78 is 32.5. The molecule has 0 spiro atoms. The number of aryl methyl sites for hydroxylation is 1. The number of hydrogen-bond donors (Lipinski definition) is 1. The van der Waals surface area contributed by atoms with Gasteiger partial charge in [0.25, 0.3) is 0 Å². The summed E-state index contributed by atoms with van der Waals surface area (Å²) >= 11 is 12.0. The number of sulfonamides is 1. The van der Waals surface area contributed by atoms with Crippen LogP contribution in [0.4, 0.5) is 5.69 Å². The van der Waals surface area contributed by atoms with Crippen LogP contribution in [0.2, 0.25) is 10.0 Å². The second kappa shape index (κ2) is 8.92. The molecule has 0 aliphatic carbocycles. The molecule has 1 aliphatic rings. The monoisotopic (exact) mass is 456 g/mol. The summed E-state index contributed by atoms with van der Waals surface area (Å²) in [6, 6.07) is 9.90. The maximum absolute atomic E-state index is 12.9. The number of nitrogens with one attached hydrogen (secondary N) is 1. The number of ether oxygens (including phenoxy) is 1. The van der Waals surface area contributed by atoms with Crippen molar-refractivity contribution in [3.05, 3.63) is 52.0 Å². The molecule has 1 heterocycles. The van der Waals surface area contributed by atoms with E-state index in [1.54, 1.807) is 19.2 Å². The molecule has 6 nitrogen and oxygen atoms in total. The molecule has 156 valence electrons. The highest BCUT2D eigenvalue weighted by molar-refractivity contribution is 7.89. The van der Waals surface area contributed by atoms with Gasteiger partial charge in [0.15, 0.2) is 0 Å². The summed E-state index contributed by atoms with van der Waals surface area (Å²) in [5.74, 6) is 0.146. The number of halogens is 2. The van der Waals surface area contributed by atoms with Crippen molar-refractivity contribution in [1.82, 2.24) is 4.31 Å². The van der Waals surface area contributed by atoms with E-state index in [1.807, 2.05) is 19.1 Å². The van der Waals surface area contributed by atoms with Crippen molar-refractivity contribution in [3.8, 4) is 5.75 Å². The normalized spacial score (nSPS) is 15.9. The molecule has 2 aromatic rings. The smallest absolute Gasteiger partial charge is 0.244 e. The lowest BCUT2D eigenvalue weighted by molar-refractivity contribution is -0.120. The zero-order valence-corrected chi connectivity index (χ0v) is 18.4. The van der Waals surface area contributed by atoms with E-state index in [9.17, 15) is 13.2 Å². The van der Waals surface area contributed by atoms with Crippen LogP contribution in [-0.4, -0.2) is 38.8 Å². The van der Waals surface area contributed by atoms with Gasteiger partial charge in [-0.2, -0.15) is 4.31 Å². The van der Waals surface area contributed by atoms with E-state index in [1.165, 1.54) is 16.4 Å². The summed E-state index contributed by atoms with van der Waals surface area (Å²) in [4.78, 5) is 12.7. The fourth-order valence-corrected chi connectivity index (χ4v) is 5.53. The van der Waals surface area contributed by atoms with Crippen LogP contribution in [0, 0.1) is 12.8 Å². The number of carbonyl (C=O) groups is 1. The highest BCUT2D eigenvalue weighted by Gasteiger charge is 2.33. The highest BCUT2D eigenvalue weighted by Crippen LogP contribution is 2.31. The average molecular weight is 457 g/mol. The zero-order chi connectivity index (χ0) is 21.2. The Kier molecular flexibility index (Phi) is 6.73. The molecule has 3 rings (SSSR count). The Labute approximate surface area is 180 Å². The summed E-state index contributed by atoms with van der Waals surface area (Å²) in [6.45, 7) is 2.39. The first kappa shape index (κ1) is 21.9. The standard InChI is InChI=1S/C20H22Cl2N2O4S/c1-13-3-6-18(28-2)17(11-13)23-20(25)14-7-9-24(10-8-14)29(26,27)19-12-15(21)4-5-16(19)22/h3-6,11-12,14H,7-10H2,1-2H3,(H,23,25). The first-order chi connectivity index (χ1) is 13.7. The SMILES string of the molecule is COc1ccc(C)cc1NC(=O)C1CCN(S(=O)(=O)c2cc(Cl)ccc2Cl)CC1. The van der Waals surface area contributed by atoms with Gasteiger partial charge in [0.1, 0.15) is 10.6 Å². The highest BCUT2D eigenvalue weighted by atomic mass is 35.5. The average Bonchev–Trinajstić information content (AvgIpc) is 2.70. The number of piperidine rings is 1. The summed E-state index contributed by atoms with van der Waals surface area (Å²) in [7, 11) is -2.23. The molecule has 0 aromatic heterocycles. The van der Waals surface area contributed by atoms with E-state index >= 15 is 0 Å². The predicted octanol–water partition coefficient (Wildman–Crippen LogP) is 4.35. The van der Waals surface area contributed by atoms with Gasteiger partial charge in [0.05, 0.1) is 17.8 Å². The van der Waals surface area contributed by atoms with E-state index in [0.29, 0.717) is 29.3 Å². The summed E-state index contributed by atoms with van der Waals surface area (Å²) in [5.41, 5.74) is 1.61. The van der Waals surface area contributed by atoms with Gasteiger partial charge in [0, 0.05) is 24.0 Å². The number of hydrogen-bond acceptors (Lipinski definition) is 4. The van der Waals surface area contributed by atoms with Crippen LogP contribution >= 0.6 is 23.2 Å². The van der Waals surface area contributed by atoms with Crippen molar-refractivity contribution < 1.29 is 17.9 Å². The van der Waals surface area contributed by atoms with E-state index in [2.05, 4.69) is 5.32 Å². The van der Waals surface area contributed by atoms with Crippen LogP contribution in [0.3, 0.4) is 0 Å². The Balaban J connectivity index is 1.68. The first-order valence-corrected chi connectivity index (χ1v) is 11.3. The molecule has 0 bridgehead atoms. The fraction of sp³-hybridized carbons (Fsp3) is 0.350. The molecule has 0 saturated carbocycles. The van der Waals surface area contributed by atoms with E-state index in [4.69, 9.17) is 27.9 Å². The van der Waals surface area contributed by atoms with Crippen molar-refractivity contribution in [1.29, 1.82) is 0 Å². The second-order valence-corrected chi connectivity index (χ2v) is 9.70. The third-order valence-electron chi connectivity index (χ3n) is 4.95. The van der Waals surface area contributed by atoms with Gasteiger partial charge in [-0.1, -0.05) is 29.3 Å². The van der Waals surface area contributed by atoms with Crippen molar-refractivity contribution >= 4 is 44.8 Å². The number of benzene rings is 2. The fourth-order valence-electron chi connectivity index (χ4n) is 3.33. The van der Waals surface area contributed by atoms with Gasteiger partial charge < -0.3 is 10.1 Å². The van der Waals surface area contributed by atoms with Crippen LogP contribution in [-0.2, 0) is 14.8 Å². The third kappa shape index (κ3) is 4.86. The number of nitrogens with zero attached hydrogens (tertiary/aromatic N) is 1. The summed E-state index contributed by atoms with van der Waals surface area (Å²) in [5, 5.41) is 3.33. The number of anilines is 1. The van der Waals surface area contributed by atoms with Gasteiger partial charge in [-0.25, -0.2) is 8.42 Å². The van der Waals surface area contributed by atoms with Crippen LogP contribution < -0.4 is 10.1 Å². The maximum Gasteiger partial charge on any atom is 0.244 e. The van der Waals surface area contributed by atoms with Gasteiger partial charge >= 0.3 is 0 Å². The van der Waals surface area contributed by atoms with Crippen LogP contribution in [0.15, 0.2) is 41.3 Å². The molecule has 0 radical (unpaired) electrons. The third-order valence-corrected chi connectivity index (χ3v) is 7.56. The molecule has 29 heavy (non-hydrogen) atoms. The Morgan fingerprint density at radius 1 is 1.14 bits per heavy atom. The van der Waals surface area contributed by atoms with E-state index < -0.39 is 10.0 Å². The van der Waals surface area contributed by atoms with E-state index in [0.717, 1.165) is 5.56 Å². The van der Waals surface area contributed by atoms with Crippen molar-refractivity contribution in [2.24, 2.45) is 5.92 Å². The molecule has 1 saturated heterocycles. The Morgan fingerprint density at radius 3 is 2.48 bits per heavy atom. The number of methoxy groups -OCH3 is 1. The van der Waals surface area contributed by atoms with Crippen LogP contribution in [0.5, 0.6) is 5.75 Å². The Morgan fingerprint density at radius 2 is 1.83 bits per heavy atom. The molecule has 1 N–H and O–H groups in total. The topological polar surface area (TPSA) is 75.7 Å². The molecular weight excluding hydrogens is 435 g/mol. The zero-order valence-electron chi connectivity index (χ0n) is 16.1. The number of rotatable bonds is 5. The predicted molar refractivity (Wildman–Crippen MR) is 114 cm³/mol. The number of carbonyl (C=O) groups excluding carboxylic acids is 1. The quantitative estimate of drug-likeness (QED) is 0.725. The van der Waals surface area contributed by atoms with Crippen LogP contribution in [0.25, 0.3) is 0 Å². The minimum absolute atomic E-state index is 0.0148. The van der Waals surface area contributed by atoms with E-state index in [-0.39, 0.29) is 34.8 Å². The largest absolute Gasteiger partial charge is 0.495 e. The van der Waals surface area contributed by atoms with Gasteiger partial charge in [0.2, 0.25) is 15.9 Å². The molecule has 1 fully saturated rings. The molecule has 0 unspecified atom stereocenters. The minimum Gasteiger partial charge on any atom is -0.495 e. The first-order valence-electron chi connectivity index (χ1n) is 9.13. The van der Waals surface area contributed by atoms with Gasteiger partial charge in [-0.05, 0) is 55.7 Å². The molecule has 2 aromatic carbocycles. The van der Waals surface area contributed by atoms with Crippen molar-refractivity contribution in [2.75, 3.05) is 25.5 Å². The van der Waals surface area contributed by atoms with Crippen molar-refractivity contribution in [2.45, 2.75) is 24.7 Å². The second-order valence-electron chi connectivity index (χ2n) is 6.95. The molecular formula is C20H22Cl2N2O4S. The lowest BCUT2D eigenvalue weighted by atomic mass is 9.97. The molecule has 1 amide bonds. The molecule has 9 heteroatoms. The van der Waals surface area contributed by atoms with Crippen LogP contribution in [0.1, 0.15) is 18.4 Å².